The van der Waals surface area contributed by atoms with Crippen molar-refractivity contribution in [2.45, 2.75) is 31.6 Å². The number of aliphatic hydroxyl groups excluding tert-OH is 3. The average Bonchev–Trinajstić information content (AvgIpc) is 2.13. The first-order chi connectivity index (χ1) is 6.56. The van der Waals surface area contributed by atoms with Crippen LogP contribution in [0, 0.1) is 5.92 Å². The molecule has 1 heterocycles. The van der Waals surface area contributed by atoms with E-state index in [0.717, 1.165) is 0 Å². The number of hydrogen-bond donors (Lipinski definition) is 4. The minimum Gasteiger partial charge on any atom is -0.395 e. The maximum absolute atomic E-state index is 10.8. The van der Waals surface area contributed by atoms with Crippen LogP contribution in [0.4, 0.5) is 0 Å². The van der Waals surface area contributed by atoms with Crippen LogP contribution in [0.25, 0.3) is 0 Å². The lowest BCUT2D eigenvalue weighted by atomic mass is 9.86. The van der Waals surface area contributed by atoms with Gasteiger partial charge < -0.3 is 25.4 Å². The molecule has 0 unspecified atom stereocenters. The van der Waals surface area contributed by atoms with Crippen molar-refractivity contribution in [2.75, 3.05) is 13.2 Å². The molecule has 4 atom stereocenters. The van der Waals surface area contributed by atoms with Crippen molar-refractivity contribution in [3.8, 4) is 0 Å². The molecule has 4 N–H and O–H groups in total. The van der Waals surface area contributed by atoms with Crippen molar-refractivity contribution in [1.29, 1.82) is 0 Å². The Kier molecular flexibility index (Phi) is 4.00. The van der Waals surface area contributed by atoms with Gasteiger partial charge in [0.1, 0.15) is 5.78 Å². The lowest BCUT2D eigenvalue weighted by Crippen LogP contribution is -2.58. The van der Waals surface area contributed by atoms with Crippen molar-refractivity contribution in [3.05, 3.63) is 0 Å². The van der Waals surface area contributed by atoms with Crippen molar-refractivity contribution < 1.29 is 20.1 Å². The zero-order chi connectivity index (χ0) is 10.7. The van der Waals surface area contributed by atoms with E-state index >= 15 is 0 Å². The van der Waals surface area contributed by atoms with Gasteiger partial charge >= 0.3 is 0 Å². The van der Waals surface area contributed by atoms with E-state index in [1.807, 2.05) is 0 Å². The van der Waals surface area contributed by atoms with E-state index < -0.39 is 18.2 Å². The van der Waals surface area contributed by atoms with Crippen LogP contribution >= 0.6 is 0 Å². The summed E-state index contributed by atoms with van der Waals surface area (Å²) >= 11 is 0. The molecule has 1 saturated heterocycles. The van der Waals surface area contributed by atoms with E-state index in [0.29, 0.717) is 6.54 Å². The molecular formula is C9H17NO4. The molecular weight excluding hydrogens is 186 g/mol. The van der Waals surface area contributed by atoms with Gasteiger partial charge in [-0.05, 0) is 6.92 Å². The molecule has 5 nitrogen and oxygen atoms in total. The summed E-state index contributed by atoms with van der Waals surface area (Å²) < 4.78 is 0. The zero-order valence-corrected chi connectivity index (χ0v) is 8.18. The van der Waals surface area contributed by atoms with Gasteiger partial charge in [0.2, 0.25) is 0 Å². The summed E-state index contributed by atoms with van der Waals surface area (Å²) in [6.07, 6.45) is -1.68. The van der Waals surface area contributed by atoms with Crippen molar-refractivity contribution >= 4 is 5.78 Å². The number of ketones is 1. The largest absolute Gasteiger partial charge is 0.395 e. The number of carbonyl (C=O) groups excluding carboxylic acids is 1. The second-order valence-electron chi connectivity index (χ2n) is 3.84. The fourth-order valence-corrected chi connectivity index (χ4v) is 1.80. The molecule has 14 heavy (non-hydrogen) atoms. The second kappa shape index (κ2) is 4.84. The lowest BCUT2D eigenvalue weighted by molar-refractivity contribution is -0.121. The molecule has 1 aliphatic rings. The summed E-state index contributed by atoms with van der Waals surface area (Å²) in [5.74, 6) is -0.268. The Morgan fingerprint density at radius 2 is 2.07 bits per heavy atom. The van der Waals surface area contributed by atoms with Gasteiger partial charge in [0, 0.05) is 18.9 Å². The van der Waals surface area contributed by atoms with Crippen LogP contribution in [0.15, 0.2) is 0 Å². The average molecular weight is 203 g/mol. The van der Waals surface area contributed by atoms with Gasteiger partial charge in [-0.2, -0.15) is 0 Å². The minimum atomic E-state index is -1.00. The van der Waals surface area contributed by atoms with Crippen molar-refractivity contribution in [3.63, 3.8) is 0 Å². The van der Waals surface area contributed by atoms with Gasteiger partial charge in [0.25, 0.3) is 0 Å². The summed E-state index contributed by atoms with van der Waals surface area (Å²) in [6, 6.07) is -0.492. The quantitative estimate of drug-likeness (QED) is 0.437. The number of Topliss-reactive ketones (excluding diaryl/α,β-unsaturated/α-hetero) is 1. The fraction of sp³-hybridized carbons (Fsp3) is 0.889. The van der Waals surface area contributed by atoms with E-state index in [9.17, 15) is 15.0 Å². The Bertz CT molecular complexity index is 209. The highest BCUT2D eigenvalue weighted by molar-refractivity contribution is 5.75. The van der Waals surface area contributed by atoms with Gasteiger partial charge in [0.15, 0.2) is 0 Å². The van der Waals surface area contributed by atoms with Crippen LogP contribution in [-0.2, 0) is 4.79 Å². The first kappa shape index (κ1) is 11.6. The summed E-state index contributed by atoms with van der Waals surface area (Å²) in [7, 11) is 0. The summed E-state index contributed by atoms with van der Waals surface area (Å²) in [6.45, 7) is 1.69. The fourth-order valence-electron chi connectivity index (χ4n) is 1.80. The summed E-state index contributed by atoms with van der Waals surface area (Å²) in [5.41, 5.74) is 0. The van der Waals surface area contributed by atoms with Crippen LogP contribution in [0.1, 0.15) is 13.3 Å². The molecule has 0 aromatic rings. The molecule has 1 rings (SSSR count). The van der Waals surface area contributed by atoms with Crippen LogP contribution in [-0.4, -0.2) is 52.5 Å². The molecule has 0 aliphatic carbocycles. The van der Waals surface area contributed by atoms with E-state index in [1.165, 1.54) is 6.92 Å². The summed E-state index contributed by atoms with van der Waals surface area (Å²) in [5, 5.41) is 30.9. The van der Waals surface area contributed by atoms with Gasteiger partial charge in [-0.3, -0.25) is 0 Å². The Balaban J connectivity index is 2.54. The normalized spacial score (nSPS) is 38.3. The third-order valence-corrected chi connectivity index (χ3v) is 2.63. The van der Waals surface area contributed by atoms with Crippen molar-refractivity contribution in [1.82, 2.24) is 5.32 Å². The number of rotatable bonds is 3. The highest BCUT2D eigenvalue weighted by Gasteiger charge is 2.36. The zero-order valence-electron chi connectivity index (χ0n) is 8.18. The standard InChI is InChI=1S/C9H17NO4/c1-5(12)2-6-3-10-7(4-11)9(14)8(6)13/h6-11,13-14H,2-4H2,1H3/t6-,7+,8+,9-/m0/s1. The first-order valence-electron chi connectivity index (χ1n) is 4.76. The highest BCUT2D eigenvalue weighted by Crippen LogP contribution is 2.19. The van der Waals surface area contributed by atoms with Crippen molar-refractivity contribution in [2.24, 2.45) is 5.92 Å². The molecule has 0 bridgehead atoms. The van der Waals surface area contributed by atoms with Gasteiger partial charge in [0.05, 0.1) is 24.9 Å². The van der Waals surface area contributed by atoms with E-state index in [4.69, 9.17) is 5.11 Å². The number of hydrogen-bond acceptors (Lipinski definition) is 5. The number of piperidine rings is 1. The SMILES string of the molecule is CC(=O)C[C@H]1CN[C@H](CO)[C@H](O)[C@@H]1O. The van der Waals surface area contributed by atoms with Gasteiger partial charge in [-0.25, -0.2) is 0 Å². The second-order valence-corrected chi connectivity index (χ2v) is 3.84. The van der Waals surface area contributed by atoms with Crippen LogP contribution in [0.2, 0.25) is 0 Å². The maximum Gasteiger partial charge on any atom is 0.130 e. The van der Waals surface area contributed by atoms with Crippen LogP contribution in [0.5, 0.6) is 0 Å². The molecule has 0 spiro atoms. The number of nitrogens with one attached hydrogen (secondary N) is 1. The lowest BCUT2D eigenvalue weighted by Gasteiger charge is -2.37. The van der Waals surface area contributed by atoms with E-state index in [-0.39, 0.29) is 24.7 Å². The predicted octanol–water partition coefficient (Wildman–Crippen LogP) is -1.73. The van der Waals surface area contributed by atoms with Crippen LogP contribution in [0.3, 0.4) is 0 Å². The smallest absolute Gasteiger partial charge is 0.130 e. The molecule has 82 valence electrons. The monoisotopic (exact) mass is 203 g/mol. The Morgan fingerprint density at radius 1 is 1.43 bits per heavy atom. The Hall–Kier alpha value is -0.490. The maximum atomic E-state index is 10.8. The topological polar surface area (TPSA) is 89.8 Å². The molecule has 0 aromatic carbocycles. The molecule has 0 aromatic heterocycles. The van der Waals surface area contributed by atoms with E-state index in [2.05, 4.69) is 5.32 Å². The third kappa shape index (κ3) is 2.51. The molecule has 0 amide bonds. The third-order valence-electron chi connectivity index (χ3n) is 2.63. The Labute approximate surface area is 82.7 Å². The van der Waals surface area contributed by atoms with E-state index in [1.54, 1.807) is 0 Å². The number of aliphatic hydroxyl groups is 3. The molecule has 5 heteroatoms. The molecule has 1 fully saturated rings. The molecule has 0 saturated carbocycles. The first-order valence-corrected chi connectivity index (χ1v) is 4.76. The van der Waals surface area contributed by atoms with Crippen LogP contribution < -0.4 is 5.32 Å². The van der Waals surface area contributed by atoms with Gasteiger partial charge in [-0.1, -0.05) is 0 Å². The predicted molar refractivity (Wildman–Crippen MR) is 49.7 cm³/mol. The molecule has 0 radical (unpaired) electrons. The number of carbonyl (C=O) groups is 1. The molecule has 1 aliphatic heterocycles. The highest BCUT2D eigenvalue weighted by atomic mass is 16.3. The Morgan fingerprint density at radius 3 is 2.57 bits per heavy atom. The minimum absolute atomic E-state index is 0.00880. The van der Waals surface area contributed by atoms with Gasteiger partial charge in [-0.15, -0.1) is 0 Å². The summed E-state index contributed by atoms with van der Waals surface area (Å²) in [4.78, 5) is 10.8.